The fourth-order valence-corrected chi connectivity index (χ4v) is 4.28. The normalized spacial score (nSPS) is 28.5. The van der Waals surface area contributed by atoms with Crippen LogP contribution in [0.1, 0.15) is 37.7 Å². The van der Waals surface area contributed by atoms with Crippen molar-refractivity contribution in [2.45, 2.75) is 56.7 Å². The van der Waals surface area contributed by atoms with E-state index in [9.17, 15) is 4.79 Å². The topological polar surface area (TPSA) is 38.8 Å². The molecule has 3 aliphatic rings. The number of hydrogen-bond donors (Lipinski definition) is 0. The maximum atomic E-state index is 11.4. The molecule has 5 heteroatoms. The van der Waals surface area contributed by atoms with E-state index in [1.165, 1.54) is 12.8 Å². The first-order valence-electron chi connectivity index (χ1n) is 8.60. The summed E-state index contributed by atoms with van der Waals surface area (Å²) in [5.41, 5.74) is 1.10. The highest BCUT2D eigenvalue weighted by molar-refractivity contribution is 5.85. The van der Waals surface area contributed by atoms with Crippen LogP contribution in [0.3, 0.4) is 0 Å². The minimum absolute atomic E-state index is 0. The third kappa shape index (κ3) is 3.31. The number of halogens is 1. The number of hydrogen-bond acceptors (Lipinski definition) is 4. The molecular weight excluding hydrogens is 326 g/mol. The minimum atomic E-state index is -0.148. The summed E-state index contributed by atoms with van der Waals surface area (Å²) < 4.78 is 11.5. The highest BCUT2D eigenvalue weighted by Gasteiger charge is 2.40. The van der Waals surface area contributed by atoms with Crippen molar-refractivity contribution in [1.82, 2.24) is 4.90 Å². The zero-order valence-electron chi connectivity index (χ0n) is 13.8. The molecule has 0 saturated carbocycles. The van der Waals surface area contributed by atoms with E-state index >= 15 is 0 Å². The van der Waals surface area contributed by atoms with Crippen LogP contribution in [-0.2, 0) is 11.2 Å². The van der Waals surface area contributed by atoms with Crippen LogP contribution in [0.25, 0.3) is 0 Å². The molecule has 0 N–H and O–H groups in total. The van der Waals surface area contributed by atoms with Crippen molar-refractivity contribution < 1.29 is 14.3 Å². The number of benzene rings is 1. The first-order valence-corrected chi connectivity index (χ1v) is 8.60. The number of nitrogens with zero attached hydrogens (tertiary/aromatic N) is 1. The van der Waals surface area contributed by atoms with Crippen LogP contribution in [0.2, 0.25) is 0 Å². The lowest BCUT2D eigenvalue weighted by atomic mass is 9.99. The Kier molecular flexibility index (Phi) is 5.16. The molecule has 0 aromatic heterocycles. The second-order valence-electron chi connectivity index (χ2n) is 6.83. The molecule has 2 fully saturated rings. The second-order valence-corrected chi connectivity index (χ2v) is 6.83. The van der Waals surface area contributed by atoms with Gasteiger partial charge in [0.05, 0.1) is 6.42 Å². The minimum Gasteiger partial charge on any atom is -0.490 e. The summed E-state index contributed by atoms with van der Waals surface area (Å²) in [5, 5.41) is 0. The van der Waals surface area contributed by atoms with Crippen molar-refractivity contribution in [3.63, 3.8) is 0 Å². The van der Waals surface area contributed by atoms with Gasteiger partial charge in [0, 0.05) is 24.7 Å². The Morgan fingerprint density at radius 2 is 2.00 bits per heavy atom. The number of piperidine rings is 1. The lowest BCUT2D eigenvalue weighted by molar-refractivity contribution is -0.135. The van der Waals surface area contributed by atoms with Gasteiger partial charge in [-0.1, -0.05) is 12.1 Å². The van der Waals surface area contributed by atoms with Crippen molar-refractivity contribution in [2.75, 3.05) is 6.54 Å². The van der Waals surface area contributed by atoms with E-state index in [0.29, 0.717) is 24.3 Å². The molecule has 3 aliphatic heterocycles. The zero-order valence-corrected chi connectivity index (χ0v) is 14.6. The molecule has 2 bridgehead atoms. The van der Waals surface area contributed by atoms with E-state index in [4.69, 9.17) is 9.47 Å². The van der Waals surface area contributed by atoms with E-state index in [0.717, 1.165) is 37.1 Å². The Morgan fingerprint density at radius 3 is 2.71 bits per heavy atom. The van der Waals surface area contributed by atoms with Gasteiger partial charge in [-0.15, -0.1) is 19.0 Å². The van der Waals surface area contributed by atoms with Gasteiger partial charge in [-0.2, -0.15) is 0 Å². The second kappa shape index (κ2) is 7.16. The van der Waals surface area contributed by atoms with Crippen molar-refractivity contribution in [3.05, 3.63) is 36.4 Å². The van der Waals surface area contributed by atoms with Gasteiger partial charge in [0.1, 0.15) is 17.6 Å². The molecule has 4 nitrogen and oxygen atoms in total. The molecule has 1 aromatic carbocycles. The monoisotopic (exact) mass is 349 g/mol. The van der Waals surface area contributed by atoms with Gasteiger partial charge in [-0.3, -0.25) is 9.69 Å². The number of aryl methyl sites for hydroxylation is 1. The summed E-state index contributed by atoms with van der Waals surface area (Å²) >= 11 is 0. The maximum Gasteiger partial charge on any atom is 0.311 e. The van der Waals surface area contributed by atoms with Crippen molar-refractivity contribution in [3.8, 4) is 11.5 Å². The summed E-state index contributed by atoms with van der Waals surface area (Å²) in [7, 11) is 0. The molecule has 1 aromatic rings. The SMILES string of the molecule is C=CCN1C2CCC1CC(Oc1ccc3c(c1)OC(=O)CC3)C2.Cl. The van der Waals surface area contributed by atoms with Gasteiger partial charge in [0.15, 0.2) is 0 Å². The molecule has 2 unspecified atom stereocenters. The van der Waals surface area contributed by atoms with Gasteiger partial charge in [-0.25, -0.2) is 0 Å². The van der Waals surface area contributed by atoms with Crippen molar-refractivity contribution in [1.29, 1.82) is 0 Å². The highest BCUT2D eigenvalue weighted by Crippen LogP contribution is 2.38. The van der Waals surface area contributed by atoms with E-state index in [-0.39, 0.29) is 24.5 Å². The molecule has 24 heavy (non-hydrogen) atoms. The third-order valence-electron chi connectivity index (χ3n) is 5.34. The van der Waals surface area contributed by atoms with Crippen LogP contribution >= 0.6 is 12.4 Å². The van der Waals surface area contributed by atoms with Crippen LogP contribution in [0, 0.1) is 0 Å². The number of rotatable bonds is 4. The summed E-state index contributed by atoms with van der Waals surface area (Å²) in [5.74, 6) is 1.34. The molecular formula is C19H24ClNO3. The third-order valence-corrected chi connectivity index (χ3v) is 5.34. The Bertz CT molecular complexity index is 619. The number of esters is 1. The molecule has 0 amide bonds. The summed E-state index contributed by atoms with van der Waals surface area (Å²) in [6.45, 7) is 4.85. The van der Waals surface area contributed by atoms with E-state index in [2.05, 4.69) is 11.5 Å². The van der Waals surface area contributed by atoms with Crippen LogP contribution in [0.5, 0.6) is 11.5 Å². The van der Waals surface area contributed by atoms with Crippen LogP contribution in [-0.4, -0.2) is 35.6 Å². The van der Waals surface area contributed by atoms with Crippen LogP contribution in [0.15, 0.2) is 30.9 Å². The maximum absolute atomic E-state index is 11.4. The van der Waals surface area contributed by atoms with Gasteiger partial charge < -0.3 is 9.47 Å². The quantitative estimate of drug-likeness (QED) is 0.473. The first kappa shape index (κ1) is 17.3. The molecule has 4 rings (SSSR count). The summed E-state index contributed by atoms with van der Waals surface area (Å²) in [4.78, 5) is 14.0. The van der Waals surface area contributed by atoms with E-state index in [1.807, 2.05) is 24.3 Å². The highest BCUT2D eigenvalue weighted by atomic mass is 35.5. The Hall–Kier alpha value is -1.52. The number of fused-ring (bicyclic) bond motifs is 3. The first-order chi connectivity index (χ1) is 11.2. The average molecular weight is 350 g/mol. The van der Waals surface area contributed by atoms with Gasteiger partial charge in [0.25, 0.3) is 0 Å². The van der Waals surface area contributed by atoms with E-state index in [1.54, 1.807) is 0 Å². The summed E-state index contributed by atoms with van der Waals surface area (Å²) in [6, 6.07) is 7.15. The number of ether oxygens (including phenoxy) is 2. The molecule has 130 valence electrons. The van der Waals surface area contributed by atoms with Gasteiger partial charge in [0.2, 0.25) is 0 Å². The number of carbonyl (C=O) groups excluding carboxylic acids is 1. The zero-order chi connectivity index (χ0) is 15.8. The summed E-state index contributed by atoms with van der Waals surface area (Å²) in [6.07, 6.45) is 8.16. The predicted octanol–water partition coefficient (Wildman–Crippen LogP) is 3.52. The Labute approximate surface area is 149 Å². The largest absolute Gasteiger partial charge is 0.490 e. The lowest BCUT2D eigenvalue weighted by Gasteiger charge is -2.38. The van der Waals surface area contributed by atoms with Crippen molar-refractivity contribution >= 4 is 18.4 Å². The molecule has 2 saturated heterocycles. The van der Waals surface area contributed by atoms with Crippen molar-refractivity contribution in [2.24, 2.45) is 0 Å². The number of carbonyl (C=O) groups is 1. The average Bonchev–Trinajstić information content (AvgIpc) is 2.78. The fraction of sp³-hybridized carbons (Fsp3) is 0.526. The molecule has 3 heterocycles. The molecule has 0 spiro atoms. The molecule has 0 aliphatic carbocycles. The standard InChI is InChI=1S/C19H23NO3.ClH/c1-2-9-20-14-5-6-15(20)11-17(10-14)22-16-7-3-13-4-8-19(21)23-18(13)12-16;/h2-3,7,12,14-15,17H,1,4-6,8-11H2;1H. The fourth-order valence-electron chi connectivity index (χ4n) is 4.28. The Morgan fingerprint density at radius 1 is 1.25 bits per heavy atom. The van der Waals surface area contributed by atoms with Crippen LogP contribution < -0.4 is 9.47 Å². The lowest BCUT2D eigenvalue weighted by Crippen LogP contribution is -2.46. The molecule has 0 radical (unpaired) electrons. The molecule has 2 atom stereocenters. The van der Waals surface area contributed by atoms with Crippen LogP contribution in [0.4, 0.5) is 0 Å². The van der Waals surface area contributed by atoms with Gasteiger partial charge in [-0.05, 0) is 43.7 Å². The predicted molar refractivity (Wildman–Crippen MR) is 95.0 cm³/mol. The smallest absolute Gasteiger partial charge is 0.311 e. The van der Waals surface area contributed by atoms with E-state index < -0.39 is 0 Å². The Balaban J connectivity index is 0.00000169. The van der Waals surface area contributed by atoms with Gasteiger partial charge >= 0.3 is 5.97 Å².